The lowest BCUT2D eigenvalue weighted by Gasteiger charge is -2.33. The molecule has 2 aromatic carbocycles. The van der Waals surface area contributed by atoms with E-state index < -0.39 is 28.5 Å². The second-order valence-corrected chi connectivity index (χ2v) is 10.5. The minimum Gasteiger partial charge on any atom is -0.454 e. The zero-order valence-electron chi connectivity index (χ0n) is 20.0. The summed E-state index contributed by atoms with van der Waals surface area (Å²) in [7, 11) is -3.84. The summed E-state index contributed by atoms with van der Waals surface area (Å²) < 4.78 is 37.8. The molecular weight excluding hydrogens is 494 g/mol. The highest BCUT2D eigenvalue weighted by Crippen LogP contribution is 2.36. The summed E-state index contributed by atoms with van der Waals surface area (Å²) in [5.41, 5.74) is 0.923. The summed E-state index contributed by atoms with van der Waals surface area (Å²) in [6.07, 6.45) is 0.340. The van der Waals surface area contributed by atoms with Gasteiger partial charge < -0.3 is 19.7 Å². The van der Waals surface area contributed by atoms with Gasteiger partial charge in [0.25, 0.3) is 0 Å². The number of sulfonamides is 1. The molecule has 1 aliphatic heterocycles. The van der Waals surface area contributed by atoms with Crippen molar-refractivity contribution in [3.63, 3.8) is 0 Å². The number of amides is 2. The second-order valence-electron chi connectivity index (χ2n) is 7.88. The molecule has 0 radical (unpaired) electrons. The highest BCUT2D eigenvalue weighted by molar-refractivity contribution is 7.92. The van der Waals surface area contributed by atoms with Gasteiger partial charge in [-0.3, -0.25) is 13.9 Å². The zero-order chi connectivity index (χ0) is 25.6. The average molecular weight is 524 g/mol. The van der Waals surface area contributed by atoms with Crippen LogP contribution in [0.1, 0.15) is 32.8 Å². The molecular formula is C24H30ClN3O6S. The fourth-order valence-corrected chi connectivity index (χ4v) is 5.03. The van der Waals surface area contributed by atoms with Crippen LogP contribution in [-0.4, -0.2) is 56.8 Å². The van der Waals surface area contributed by atoms with E-state index in [-0.39, 0.29) is 30.7 Å². The van der Waals surface area contributed by atoms with Gasteiger partial charge in [-0.2, -0.15) is 0 Å². The van der Waals surface area contributed by atoms with Gasteiger partial charge in [-0.1, -0.05) is 36.7 Å². The molecule has 9 nitrogen and oxygen atoms in total. The van der Waals surface area contributed by atoms with Crippen molar-refractivity contribution >= 4 is 39.1 Å². The summed E-state index contributed by atoms with van der Waals surface area (Å²) >= 11 is 6.34. The molecule has 190 valence electrons. The minimum atomic E-state index is -3.84. The van der Waals surface area contributed by atoms with Gasteiger partial charge in [-0.05, 0) is 44.0 Å². The van der Waals surface area contributed by atoms with E-state index in [9.17, 15) is 18.0 Å². The Labute approximate surface area is 211 Å². The van der Waals surface area contributed by atoms with E-state index in [2.05, 4.69) is 5.32 Å². The summed E-state index contributed by atoms with van der Waals surface area (Å²) in [5.74, 6) is -0.169. The Kier molecular flexibility index (Phi) is 8.85. The number of carbonyl (C=O) groups is 2. The molecule has 11 heteroatoms. The van der Waals surface area contributed by atoms with Crippen LogP contribution in [0.4, 0.5) is 5.69 Å². The average Bonchev–Trinajstić information content (AvgIpc) is 3.31. The maximum Gasteiger partial charge on any atom is 0.244 e. The van der Waals surface area contributed by atoms with Crippen molar-refractivity contribution in [2.45, 2.75) is 39.8 Å². The van der Waals surface area contributed by atoms with Gasteiger partial charge in [0.2, 0.25) is 28.6 Å². The topological polar surface area (TPSA) is 105 Å². The van der Waals surface area contributed by atoms with Gasteiger partial charge >= 0.3 is 0 Å². The monoisotopic (exact) mass is 523 g/mol. The molecule has 1 N–H and O–H groups in total. The number of hydrogen-bond donors (Lipinski definition) is 1. The molecule has 1 heterocycles. The lowest BCUT2D eigenvalue weighted by Crippen LogP contribution is -2.52. The third kappa shape index (κ3) is 6.18. The van der Waals surface area contributed by atoms with E-state index in [4.69, 9.17) is 21.1 Å². The summed E-state index contributed by atoms with van der Waals surface area (Å²) in [6, 6.07) is 10.9. The molecule has 0 saturated carbocycles. The zero-order valence-corrected chi connectivity index (χ0v) is 21.6. The third-order valence-corrected chi connectivity index (χ3v) is 7.77. The van der Waals surface area contributed by atoms with E-state index >= 15 is 0 Å². The highest BCUT2D eigenvalue weighted by Gasteiger charge is 2.33. The standard InChI is InChI=1S/C24H30ClN3O6S/c1-4-20(24(30)26-5-2)27(14-17-9-7-8-10-19(17)25)23(29)15-28(35(31,32)6-3)18-11-12-21-22(13-18)34-16-33-21/h7-13,20H,4-6,14-16H2,1-3H3,(H,26,30)/t20-/m0/s1. The lowest BCUT2D eigenvalue weighted by atomic mass is 10.1. The number of anilines is 1. The quantitative estimate of drug-likeness (QED) is 0.485. The van der Waals surface area contributed by atoms with Crippen molar-refractivity contribution in [1.82, 2.24) is 10.2 Å². The molecule has 1 atom stereocenters. The molecule has 0 aromatic heterocycles. The molecule has 3 rings (SSSR count). The molecule has 0 saturated heterocycles. The normalized spacial score (nSPS) is 13.3. The van der Waals surface area contributed by atoms with E-state index in [1.807, 2.05) is 0 Å². The maximum absolute atomic E-state index is 13.7. The fraction of sp³-hybridized carbons (Fsp3) is 0.417. The molecule has 2 amide bonds. The van der Waals surface area contributed by atoms with Crippen LogP contribution in [0.2, 0.25) is 5.02 Å². The number of likely N-dealkylation sites (N-methyl/N-ethyl adjacent to an activating group) is 1. The van der Waals surface area contributed by atoms with Crippen LogP contribution in [0.25, 0.3) is 0 Å². The van der Waals surface area contributed by atoms with Crippen LogP contribution in [0, 0.1) is 0 Å². The van der Waals surface area contributed by atoms with Crippen molar-refractivity contribution in [3.8, 4) is 11.5 Å². The predicted molar refractivity (Wildman–Crippen MR) is 134 cm³/mol. The van der Waals surface area contributed by atoms with Crippen LogP contribution in [-0.2, 0) is 26.2 Å². The molecule has 2 aromatic rings. The number of nitrogens with zero attached hydrogens (tertiary/aromatic N) is 2. The Morgan fingerprint density at radius 1 is 1.09 bits per heavy atom. The second kappa shape index (κ2) is 11.6. The molecule has 0 fully saturated rings. The number of carbonyl (C=O) groups excluding carboxylic acids is 2. The summed E-state index contributed by atoms with van der Waals surface area (Å²) in [4.78, 5) is 27.9. The summed E-state index contributed by atoms with van der Waals surface area (Å²) in [5, 5.41) is 3.21. The number of halogens is 1. The smallest absolute Gasteiger partial charge is 0.244 e. The molecule has 0 aliphatic carbocycles. The summed E-state index contributed by atoms with van der Waals surface area (Å²) in [6.45, 7) is 5.09. The number of fused-ring (bicyclic) bond motifs is 1. The predicted octanol–water partition coefficient (Wildman–Crippen LogP) is 3.17. The fourth-order valence-electron chi connectivity index (χ4n) is 3.78. The van der Waals surface area contributed by atoms with Crippen molar-refractivity contribution in [1.29, 1.82) is 0 Å². The SMILES string of the molecule is CCNC(=O)[C@H](CC)N(Cc1ccccc1Cl)C(=O)CN(c1ccc2c(c1)OCO2)S(=O)(=O)CC. The van der Waals surface area contributed by atoms with Gasteiger partial charge in [0.05, 0.1) is 11.4 Å². The Morgan fingerprint density at radius 3 is 2.46 bits per heavy atom. The molecule has 0 bridgehead atoms. The van der Waals surface area contributed by atoms with Gasteiger partial charge in [0, 0.05) is 24.2 Å². The van der Waals surface area contributed by atoms with Crippen LogP contribution in [0.15, 0.2) is 42.5 Å². The van der Waals surface area contributed by atoms with Gasteiger partial charge in [0.15, 0.2) is 11.5 Å². The first-order valence-corrected chi connectivity index (χ1v) is 13.4. The third-order valence-electron chi connectivity index (χ3n) is 5.66. The first kappa shape index (κ1) is 26.6. The van der Waals surface area contributed by atoms with E-state index in [0.717, 1.165) is 4.31 Å². The van der Waals surface area contributed by atoms with Crippen molar-refractivity contribution in [2.75, 3.05) is 29.9 Å². The Morgan fingerprint density at radius 2 is 1.80 bits per heavy atom. The largest absolute Gasteiger partial charge is 0.454 e. The maximum atomic E-state index is 13.7. The Bertz CT molecular complexity index is 1170. The minimum absolute atomic E-state index is 0.0363. The van der Waals surface area contributed by atoms with E-state index in [0.29, 0.717) is 35.1 Å². The van der Waals surface area contributed by atoms with Gasteiger partial charge in [-0.15, -0.1) is 0 Å². The highest BCUT2D eigenvalue weighted by atomic mass is 35.5. The number of hydrogen-bond acceptors (Lipinski definition) is 6. The Balaban J connectivity index is 1.98. The Hall–Kier alpha value is -2.98. The van der Waals surface area contributed by atoms with Crippen LogP contribution < -0.4 is 19.1 Å². The number of nitrogens with one attached hydrogen (secondary N) is 1. The molecule has 1 aliphatic rings. The molecule has 0 unspecified atom stereocenters. The van der Waals surface area contributed by atoms with Crippen molar-refractivity contribution in [3.05, 3.63) is 53.1 Å². The van der Waals surface area contributed by atoms with Crippen molar-refractivity contribution in [2.24, 2.45) is 0 Å². The van der Waals surface area contributed by atoms with Crippen LogP contribution in [0.5, 0.6) is 11.5 Å². The van der Waals surface area contributed by atoms with Gasteiger partial charge in [0.1, 0.15) is 12.6 Å². The number of benzene rings is 2. The van der Waals surface area contributed by atoms with E-state index in [1.165, 1.54) is 17.9 Å². The molecule has 35 heavy (non-hydrogen) atoms. The first-order chi connectivity index (χ1) is 16.7. The van der Waals surface area contributed by atoms with E-state index in [1.54, 1.807) is 50.2 Å². The van der Waals surface area contributed by atoms with Gasteiger partial charge in [-0.25, -0.2) is 8.42 Å². The van der Waals surface area contributed by atoms with Crippen molar-refractivity contribution < 1.29 is 27.5 Å². The lowest BCUT2D eigenvalue weighted by molar-refractivity contribution is -0.140. The first-order valence-electron chi connectivity index (χ1n) is 11.4. The van der Waals surface area contributed by atoms with Crippen LogP contribution >= 0.6 is 11.6 Å². The number of ether oxygens (including phenoxy) is 2. The van der Waals surface area contributed by atoms with Crippen LogP contribution in [0.3, 0.4) is 0 Å². The molecule has 0 spiro atoms. The number of rotatable bonds is 11.